The van der Waals surface area contributed by atoms with Crippen LogP contribution in [0.2, 0.25) is 0 Å². The number of para-hydroxylation sites is 1. The Morgan fingerprint density at radius 3 is 2.65 bits per heavy atom. The number of amides is 1. The van der Waals surface area contributed by atoms with Gasteiger partial charge in [-0.15, -0.1) is 24.8 Å². The van der Waals surface area contributed by atoms with Crippen LogP contribution in [-0.2, 0) is 11.2 Å². The second-order valence-electron chi connectivity index (χ2n) is 6.72. The number of nitrogens with one attached hydrogen (secondary N) is 2. The van der Waals surface area contributed by atoms with Gasteiger partial charge in [0.1, 0.15) is 5.82 Å². The monoisotopic (exact) mass is 400 g/mol. The van der Waals surface area contributed by atoms with Gasteiger partial charge in [0.15, 0.2) is 0 Å². The van der Waals surface area contributed by atoms with Gasteiger partial charge in [0.2, 0.25) is 5.91 Å². The van der Waals surface area contributed by atoms with Crippen LogP contribution in [0.25, 0.3) is 11.0 Å². The fraction of sp³-hybridized carbons (Fsp3) is 0.579. The van der Waals surface area contributed by atoms with Gasteiger partial charge in [0.25, 0.3) is 0 Å². The Morgan fingerprint density at radius 2 is 2.00 bits per heavy atom. The number of halogens is 2. The number of aromatic amines is 1. The number of imidazole rings is 1. The lowest BCUT2D eigenvalue weighted by molar-refractivity contribution is -0.134. The highest BCUT2D eigenvalue weighted by molar-refractivity contribution is 5.85. The molecule has 1 aromatic heterocycles. The topological polar surface area (TPSA) is 61.0 Å². The third-order valence-corrected chi connectivity index (χ3v) is 4.87. The molecular formula is C19H30Cl2N4O. The van der Waals surface area contributed by atoms with Gasteiger partial charge in [-0.05, 0) is 50.9 Å². The molecule has 0 unspecified atom stereocenters. The molecule has 1 saturated heterocycles. The van der Waals surface area contributed by atoms with Crippen LogP contribution in [0.3, 0.4) is 0 Å². The van der Waals surface area contributed by atoms with E-state index < -0.39 is 0 Å². The van der Waals surface area contributed by atoms with E-state index in [1.54, 1.807) is 0 Å². The van der Waals surface area contributed by atoms with Crippen molar-refractivity contribution in [2.75, 3.05) is 19.6 Å². The molecule has 7 heteroatoms. The molecule has 0 saturated carbocycles. The first-order chi connectivity index (χ1) is 11.7. The quantitative estimate of drug-likeness (QED) is 0.777. The van der Waals surface area contributed by atoms with Crippen molar-refractivity contribution >= 4 is 41.8 Å². The minimum absolute atomic E-state index is 0. The van der Waals surface area contributed by atoms with Crippen molar-refractivity contribution < 1.29 is 4.79 Å². The molecule has 0 bridgehead atoms. The third-order valence-electron chi connectivity index (χ3n) is 4.87. The minimum atomic E-state index is 0. The van der Waals surface area contributed by atoms with Gasteiger partial charge in [-0.1, -0.05) is 19.1 Å². The highest BCUT2D eigenvalue weighted by Gasteiger charge is 2.24. The molecule has 2 N–H and O–H groups in total. The summed E-state index contributed by atoms with van der Waals surface area (Å²) in [5, 5.41) is 3.38. The lowest BCUT2D eigenvalue weighted by Crippen LogP contribution is -2.46. The maximum Gasteiger partial charge on any atom is 0.223 e. The molecule has 1 aromatic carbocycles. The number of nitrogens with zero attached hydrogens (tertiary/aromatic N) is 2. The molecule has 146 valence electrons. The van der Waals surface area contributed by atoms with Gasteiger partial charge < -0.3 is 15.2 Å². The highest BCUT2D eigenvalue weighted by Crippen LogP contribution is 2.18. The number of rotatable bonds is 6. The smallest absolute Gasteiger partial charge is 0.223 e. The van der Waals surface area contributed by atoms with E-state index in [1.807, 2.05) is 12.1 Å². The van der Waals surface area contributed by atoms with Crippen molar-refractivity contribution in [3.8, 4) is 0 Å². The number of carbonyl (C=O) groups is 1. The fourth-order valence-corrected chi connectivity index (χ4v) is 3.58. The van der Waals surface area contributed by atoms with E-state index in [0.717, 1.165) is 55.8 Å². The molecule has 3 rings (SSSR count). The van der Waals surface area contributed by atoms with Crippen LogP contribution >= 0.6 is 24.8 Å². The molecule has 0 atom stereocenters. The summed E-state index contributed by atoms with van der Waals surface area (Å²) in [7, 11) is 0. The normalized spacial score (nSPS) is 14.5. The largest absolute Gasteiger partial charge is 0.342 e. The molecule has 0 spiro atoms. The summed E-state index contributed by atoms with van der Waals surface area (Å²) in [6.45, 7) is 7.10. The molecule has 0 radical (unpaired) electrons. The summed E-state index contributed by atoms with van der Waals surface area (Å²) in [5.41, 5.74) is 3.24. The molecule has 1 amide bonds. The summed E-state index contributed by atoms with van der Waals surface area (Å²) in [6.07, 6.45) is 4.35. The average Bonchev–Trinajstić information content (AvgIpc) is 3.03. The number of aryl methyl sites for hydroxylation is 2. The van der Waals surface area contributed by atoms with Crippen LogP contribution in [0.5, 0.6) is 0 Å². The molecule has 1 aliphatic heterocycles. The van der Waals surface area contributed by atoms with E-state index in [-0.39, 0.29) is 30.7 Å². The van der Waals surface area contributed by atoms with Gasteiger partial charge in [0.05, 0.1) is 11.0 Å². The summed E-state index contributed by atoms with van der Waals surface area (Å²) < 4.78 is 0. The van der Waals surface area contributed by atoms with Gasteiger partial charge in [-0.3, -0.25) is 4.79 Å². The number of benzene rings is 1. The average molecular weight is 401 g/mol. The summed E-state index contributed by atoms with van der Waals surface area (Å²) in [5.74, 6) is 1.18. The van der Waals surface area contributed by atoms with Crippen LogP contribution < -0.4 is 5.32 Å². The van der Waals surface area contributed by atoms with E-state index in [0.29, 0.717) is 18.9 Å². The zero-order valence-electron chi connectivity index (χ0n) is 15.6. The molecule has 0 aliphatic carbocycles. The SMILES string of the molecule is CCCN(C(=O)CCc1nc2c(C)cccc2[nH]1)C1CCNCC1.Cl.Cl. The number of piperidine rings is 1. The lowest BCUT2D eigenvalue weighted by Gasteiger charge is -2.34. The van der Waals surface area contributed by atoms with Crippen LogP contribution in [0.4, 0.5) is 0 Å². The standard InChI is InChI=1S/C19H28N4O.2ClH/c1-3-13-23(15-9-11-20-12-10-15)18(24)8-7-17-21-16-6-4-5-14(2)19(16)22-17;;/h4-6,15,20H,3,7-13H2,1-2H3,(H,21,22);2*1H. The molecule has 1 fully saturated rings. The van der Waals surface area contributed by atoms with Crippen molar-refractivity contribution in [1.82, 2.24) is 20.2 Å². The summed E-state index contributed by atoms with van der Waals surface area (Å²) in [4.78, 5) is 22.9. The summed E-state index contributed by atoms with van der Waals surface area (Å²) in [6, 6.07) is 6.54. The van der Waals surface area contributed by atoms with E-state index in [9.17, 15) is 4.79 Å². The summed E-state index contributed by atoms with van der Waals surface area (Å²) >= 11 is 0. The van der Waals surface area contributed by atoms with Crippen molar-refractivity contribution in [3.05, 3.63) is 29.6 Å². The van der Waals surface area contributed by atoms with Crippen molar-refractivity contribution in [2.24, 2.45) is 0 Å². The van der Waals surface area contributed by atoms with Gasteiger partial charge in [0, 0.05) is 25.4 Å². The lowest BCUT2D eigenvalue weighted by atomic mass is 10.0. The number of hydrogen-bond acceptors (Lipinski definition) is 3. The Bertz CT molecular complexity index is 698. The van der Waals surface area contributed by atoms with Gasteiger partial charge in [-0.2, -0.15) is 0 Å². The van der Waals surface area contributed by atoms with E-state index in [2.05, 4.69) is 40.1 Å². The first-order valence-corrected chi connectivity index (χ1v) is 9.13. The number of aromatic nitrogens is 2. The maximum atomic E-state index is 12.8. The Labute approximate surface area is 168 Å². The predicted octanol–water partition coefficient (Wildman–Crippen LogP) is 3.64. The number of hydrogen-bond donors (Lipinski definition) is 2. The van der Waals surface area contributed by atoms with Crippen LogP contribution in [0.15, 0.2) is 18.2 Å². The number of H-pyrrole nitrogens is 1. The Morgan fingerprint density at radius 1 is 1.27 bits per heavy atom. The molecule has 2 aromatic rings. The van der Waals surface area contributed by atoms with E-state index >= 15 is 0 Å². The van der Waals surface area contributed by atoms with Gasteiger partial charge >= 0.3 is 0 Å². The van der Waals surface area contributed by atoms with Crippen molar-refractivity contribution in [3.63, 3.8) is 0 Å². The first kappa shape index (κ1) is 22.7. The molecule has 26 heavy (non-hydrogen) atoms. The first-order valence-electron chi connectivity index (χ1n) is 9.13. The van der Waals surface area contributed by atoms with Crippen LogP contribution in [0, 0.1) is 6.92 Å². The second-order valence-corrected chi connectivity index (χ2v) is 6.72. The predicted molar refractivity (Wildman–Crippen MR) is 112 cm³/mol. The van der Waals surface area contributed by atoms with Crippen molar-refractivity contribution in [1.29, 1.82) is 0 Å². The maximum absolute atomic E-state index is 12.8. The third kappa shape index (κ3) is 5.35. The van der Waals surface area contributed by atoms with Crippen molar-refractivity contribution in [2.45, 2.75) is 52.0 Å². The van der Waals surface area contributed by atoms with Crippen LogP contribution in [0.1, 0.15) is 44.0 Å². The Hall–Kier alpha value is -1.30. The van der Waals surface area contributed by atoms with E-state index in [1.165, 1.54) is 5.56 Å². The Balaban J connectivity index is 0.00000169. The Kier molecular flexibility index (Phi) is 9.41. The number of fused-ring (bicyclic) bond motifs is 1. The molecule has 5 nitrogen and oxygen atoms in total. The fourth-order valence-electron chi connectivity index (χ4n) is 3.58. The van der Waals surface area contributed by atoms with Gasteiger partial charge in [-0.25, -0.2) is 4.98 Å². The molecular weight excluding hydrogens is 371 g/mol. The molecule has 2 heterocycles. The second kappa shape index (κ2) is 10.8. The minimum Gasteiger partial charge on any atom is -0.342 e. The highest BCUT2D eigenvalue weighted by atomic mass is 35.5. The zero-order valence-corrected chi connectivity index (χ0v) is 17.2. The number of carbonyl (C=O) groups excluding carboxylic acids is 1. The van der Waals surface area contributed by atoms with E-state index in [4.69, 9.17) is 0 Å². The molecule has 1 aliphatic rings. The van der Waals surface area contributed by atoms with Crippen LogP contribution in [-0.4, -0.2) is 46.5 Å². The zero-order chi connectivity index (χ0) is 16.9.